The first-order chi connectivity index (χ1) is 9.29. The Morgan fingerprint density at radius 3 is 2.15 bits per heavy atom. The lowest BCUT2D eigenvalue weighted by molar-refractivity contribution is 0.601. The highest BCUT2D eigenvalue weighted by molar-refractivity contribution is 7.92. The van der Waals surface area contributed by atoms with E-state index >= 15 is 0 Å². The van der Waals surface area contributed by atoms with Gasteiger partial charge in [0.2, 0.25) is 0 Å². The van der Waals surface area contributed by atoms with E-state index in [0.717, 1.165) is 16.7 Å². The third kappa shape index (κ3) is 2.93. The summed E-state index contributed by atoms with van der Waals surface area (Å²) < 4.78 is 27.2. The summed E-state index contributed by atoms with van der Waals surface area (Å²) in [6.45, 7) is 5.58. The van der Waals surface area contributed by atoms with Gasteiger partial charge in [0.15, 0.2) is 0 Å². The zero-order valence-electron chi connectivity index (χ0n) is 11.8. The molecule has 0 atom stereocenters. The molecule has 0 radical (unpaired) electrons. The molecule has 2 aromatic rings. The monoisotopic (exact) mass is 290 g/mol. The fraction of sp³-hybridized carbons (Fsp3) is 0.200. The molecule has 0 bridgehead atoms. The number of aryl methyl sites for hydroxylation is 3. The van der Waals surface area contributed by atoms with Crippen LogP contribution in [0.2, 0.25) is 0 Å². The third-order valence-corrected chi connectivity index (χ3v) is 4.57. The van der Waals surface area contributed by atoms with Crippen LogP contribution in [0.3, 0.4) is 0 Å². The van der Waals surface area contributed by atoms with Crippen LogP contribution in [-0.4, -0.2) is 8.42 Å². The van der Waals surface area contributed by atoms with Crippen molar-refractivity contribution < 1.29 is 8.42 Å². The second-order valence-corrected chi connectivity index (χ2v) is 6.62. The second kappa shape index (κ2) is 5.17. The van der Waals surface area contributed by atoms with Crippen LogP contribution < -0.4 is 10.5 Å². The molecule has 0 amide bonds. The van der Waals surface area contributed by atoms with Gasteiger partial charge in [-0.15, -0.1) is 0 Å². The standard InChI is InChI=1S/C15H18N2O2S/c1-10-4-6-13(7-5-10)20(18,19)17-15-9-11(2)14(16)8-12(15)3/h4-9,17H,16H2,1-3H3. The molecule has 0 saturated heterocycles. The van der Waals surface area contributed by atoms with Crippen molar-refractivity contribution in [1.29, 1.82) is 0 Å². The van der Waals surface area contributed by atoms with Gasteiger partial charge >= 0.3 is 0 Å². The summed E-state index contributed by atoms with van der Waals surface area (Å²) in [7, 11) is -3.57. The molecule has 2 rings (SSSR count). The maximum absolute atomic E-state index is 12.3. The van der Waals surface area contributed by atoms with Gasteiger partial charge in [0.25, 0.3) is 10.0 Å². The molecule has 0 aliphatic carbocycles. The van der Waals surface area contributed by atoms with Gasteiger partial charge in [-0.2, -0.15) is 0 Å². The van der Waals surface area contributed by atoms with Gasteiger partial charge in [0, 0.05) is 5.69 Å². The van der Waals surface area contributed by atoms with Gasteiger partial charge in [-0.05, 0) is 56.2 Å². The van der Waals surface area contributed by atoms with Gasteiger partial charge in [-0.3, -0.25) is 4.72 Å². The van der Waals surface area contributed by atoms with Crippen molar-refractivity contribution in [2.75, 3.05) is 10.5 Å². The van der Waals surface area contributed by atoms with Crippen molar-refractivity contribution in [2.24, 2.45) is 0 Å². The first kappa shape index (κ1) is 14.4. The van der Waals surface area contributed by atoms with Crippen LogP contribution in [0.15, 0.2) is 41.3 Å². The number of nitrogens with one attached hydrogen (secondary N) is 1. The predicted molar refractivity (Wildman–Crippen MR) is 82.3 cm³/mol. The molecule has 0 saturated carbocycles. The average Bonchev–Trinajstić information content (AvgIpc) is 2.36. The summed E-state index contributed by atoms with van der Waals surface area (Å²) in [6.07, 6.45) is 0. The van der Waals surface area contributed by atoms with Crippen molar-refractivity contribution in [3.63, 3.8) is 0 Å². The molecule has 20 heavy (non-hydrogen) atoms. The molecule has 0 aliphatic rings. The summed E-state index contributed by atoms with van der Waals surface area (Å²) >= 11 is 0. The summed E-state index contributed by atoms with van der Waals surface area (Å²) in [5, 5.41) is 0. The number of hydrogen-bond donors (Lipinski definition) is 2. The molecular weight excluding hydrogens is 272 g/mol. The van der Waals surface area contributed by atoms with Crippen LogP contribution in [0.4, 0.5) is 11.4 Å². The molecule has 3 N–H and O–H groups in total. The van der Waals surface area contributed by atoms with Gasteiger partial charge in [-0.25, -0.2) is 8.42 Å². The van der Waals surface area contributed by atoms with Crippen LogP contribution in [-0.2, 0) is 10.0 Å². The number of hydrogen-bond acceptors (Lipinski definition) is 3. The van der Waals surface area contributed by atoms with Crippen LogP contribution in [0.1, 0.15) is 16.7 Å². The summed E-state index contributed by atoms with van der Waals surface area (Å²) in [5.41, 5.74) is 9.67. The Morgan fingerprint density at radius 1 is 0.950 bits per heavy atom. The van der Waals surface area contributed by atoms with Gasteiger partial charge in [0.05, 0.1) is 10.6 Å². The van der Waals surface area contributed by atoms with Crippen LogP contribution >= 0.6 is 0 Å². The Balaban J connectivity index is 2.38. The van der Waals surface area contributed by atoms with E-state index < -0.39 is 10.0 Å². The summed E-state index contributed by atoms with van der Waals surface area (Å²) in [4.78, 5) is 0.247. The summed E-state index contributed by atoms with van der Waals surface area (Å²) in [5.74, 6) is 0. The van der Waals surface area contributed by atoms with Crippen molar-refractivity contribution in [3.05, 3.63) is 53.1 Å². The number of rotatable bonds is 3. The lowest BCUT2D eigenvalue weighted by Crippen LogP contribution is -2.14. The van der Waals surface area contributed by atoms with E-state index in [1.54, 1.807) is 36.4 Å². The number of sulfonamides is 1. The van der Waals surface area contributed by atoms with Crippen molar-refractivity contribution in [2.45, 2.75) is 25.7 Å². The Kier molecular flexibility index (Phi) is 3.72. The van der Waals surface area contributed by atoms with E-state index in [2.05, 4.69) is 4.72 Å². The molecule has 0 spiro atoms. The quantitative estimate of drug-likeness (QED) is 0.854. The van der Waals surface area contributed by atoms with E-state index in [1.807, 2.05) is 20.8 Å². The Morgan fingerprint density at radius 2 is 1.55 bits per heavy atom. The number of nitrogens with two attached hydrogens (primary N) is 1. The summed E-state index contributed by atoms with van der Waals surface area (Å²) in [6, 6.07) is 10.2. The maximum atomic E-state index is 12.3. The fourth-order valence-corrected chi connectivity index (χ4v) is 2.99. The lowest BCUT2D eigenvalue weighted by atomic mass is 10.1. The smallest absolute Gasteiger partial charge is 0.261 e. The number of benzene rings is 2. The molecule has 4 nitrogen and oxygen atoms in total. The van der Waals surface area contributed by atoms with Crippen molar-refractivity contribution >= 4 is 21.4 Å². The SMILES string of the molecule is Cc1ccc(S(=O)(=O)Nc2cc(C)c(N)cc2C)cc1. The average molecular weight is 290 g/mol. The first-order valence-corrected chi connectivity index (χ1v) is 7.74. The molecule has 5 heteroatoms. The van der Waals surface area contributed by atoms with Crippen LogP contribution in [0, 0.1) is 20.8 Å². The zero-order valence-corrected chi connectivity index (χ0v) is 12.6. The Hall–Kier alpha value is -2.01. The maximum Gasteiger partial charge on any atom is 0.261 e. The Labute approximate surface area is 119 Å². The third-order valence-electron chi connectivity index (χ3n) is 3.19. The Bertz CT molecular complexity index is 735. The minimum Gasteiger partial charge on any atom is -0.399 e. The predicted octanol–water partition coefficient (Wildman–Crippen LogP) is 2.99. The normalized spacial score (nSPS) is 11.3. The lowest BCUT2D eigenvalue weighted by Gasteiger charge is -2.13. The highest BCUT2D eigenvalue weighted by atomic mass is 32.2. The van der Waals surface area contributed by atoms with E-state index in [0.29, 0.717) is 11.4 Å². The van der Waals surface area contributed by atoms with E-state index in [1.165, 1.54) is 0 Å². The van der Waals surface area contributed by atoms with E-state index in [4.69, 9.17) is 5.73 Å². The highest BCUT2D eigenvalue weighted by Gasteiger charge is 2.15. The molecule has 0 aliphatic heterocycles. The van der Waals surface area contributed by atoms with Crippen molar-refractivity contribution in [1.82, 2.24) is 0 Å². The van der Waals surface area contributed by atoms with Crippen molar-refractivity contribution in [3.8, 4) is 0 Å². The number of anilines is 2. The molecule has 2 aromatic carbocycles. The topological polar surface area (TPSA) is 72.2 Å². The molecule has 0 unspecified atom stereocenters. The minimum absolute atomic E-state index is 0.247. The second-order valence-electron chi connectivity index (χ2n) is 4.94. The minimum atomic E-state index is -3.57. The molecule has 0 fully saturated rings. The van der Waals surface area contributed by atoms with E-state index in [-0.39, 0.29) is 4.90 Å². The van der Waals surface area contributed by atoms with Crippen LogP contribution in [0.25, 0.3) is 0 Å². The molecule has 0 heterocycles. The highest BCUT2D eigenvalue weighted by Crippen LogP contribution is 2.24. The molecular formula is C15H18N2O2S. The van der Waals surface area contributed by atoms with Gasteiger partial charge in [-0.1, -0.05) is 17.7 Å². The zero-order chi connectivity index (χ0) is 14.9. The van der Waals surface area contributed by atoms with Crippen LogP contribution in [0.5, 0.6) is 0 Å². The molecule has 0 aromatic heterocycles. The number of nitrogen functional groups attached to an aromatic ring is 1. The van der Waals surface area contributed by atoms with E-state index in [9.17, 15) is 8.42 Å². The molecule has 106 valence electrons. The van der Waals surface area contributed by atoms with Gasteiger partial charge in [0.1, 0.15) is 0 Å². The first-order valence-electron chi connectivity index (χ1n) is 6.26. The largest absolute Gasteiger partial charge is 0.399 e. The van der Waals surface area contributed by atoms with Gasteiger partial charge < -0.3 is 5.73 Å². The fourth-order valence-electron chi connectivity index (χ4n) is 1.87.